The van der Waals surface area contributed by atoms with E-state index in [-0.39, 0.29) is 24.3 Å². The van der Waals surface area contributed by atoms with Crippen molar-refractivity contribution in [2.45, 2.75) is 199 Å². The summed E-state index contributed by atoms with van der Waals surface area (Å²) in [6.45, 7) is 41.6. The van der Waals surface area contributed by atoms with Crippen molar-refractivity contribution in [3.05, 3.63) is 99.1 Å². The molecule has 0 amide bonds. The van der Waals surface area contributed by atoms with Crippen molar-refractivity contribution in [2.24, 2.45) is 16.7 Å². The van der Waals surface area contributed by atoms with Gasteiger partial charge in [0.2, 0.25) is 40.7 Å². The Kier molecular flexibility index (Phi) is 30.6. The van der Waals surface area contributed by atoms with Gasteiger partial charge in [0.15, 0.2) is 39.9 Å². The molecule has 3 unspecified atom stereocenters. The van der Waals surface area contributed by atoms with Crippen LogP contribution in [0.2, 0.25) is 65.5 Å². The highest BCUT2D eigenvalue weighted by Gasteiger charge is 2.40. The van der Waals surface area contributed by atoms with Crippen LogP contribution < -0.4 is 4.74 Å². The van der Waals surface area contributed by atoms with Crippen LogP contribution in [-0.4, -0.2) is 51.7 Å². The Hall–Kier alpha value is -4.05. The molecule has 0 saturated heterocycles. The highest BCUT2D eigenvalue weighted by Crippen LogP contribution is 2.34. The Balaban J connectivity index is 0. The second-order valence-corrected chi connectivity index (χ2v) is 38.9. The zero-order chi connectivity index (χ0) is 62.9. The molecule has 0 fully saturated rings. The second kappa shape index (κ2) is 31.4. The summed E-state index contributed by atoms with van der Waals surface area (Å²) in [6, 6.07) is 5.39. The van der Waals surface area contributed by atoms with E-state index < -0.39 is 138 Å². The molecule has 3 aromatic carbocycles. The Morgan fingerprint density at radius 2 is 0.797 bits per heavy atom. The van der Waals surface area contributed by atoms with Crippen LogP contribution in [0.4, 0.5) is 57.1 Å². The molecule has 0 N–H and O–H groups in total. The zero-order valence-electron chi connectivity index (χ0n) is 49.8. The number of alkyl halides is 3. The summed E-state index contributed by atoms with van der Waals surface area (Å²) in [6.07, 6.45) is -1.14. The number of carbonyl (C=O) groups is 3. The molecule has 0 aliphatic rings. The average Bonchev–Trinajstić information content (AvgIpc) is 3.33. The summed E-state index contributed by atoms with van der Waals surface area (Å²) in [5.41, 5.74) is -1.88. The van der Waals surface area contributed by atoms with Crippen LogP contribution in [0.15, 0.2) is 24.3 Å². The topological polar surface area (TPSA) is 97.4 Å². The maximum atomic E-state index is 13.3. The number of esters is 1. The first-order valence-corrected chi connectivity index (χ1v) is 38.2. The monoisotopic (exact) mass is 1220 g/mol. The lowest BCUT2D eigenvalue weighted by Crippen LogP contribution is -2.48. The fourth-order valence-electron chi connectivity index (χ4n) is 6.08. The first kappa shape index (κ1) is 77.0. The standard InChI is InChI=1S/C12H11F5O2.C11H13F3.C11H26O3Si2.C10H9F5.C10H24O3Si2/c1-4-12(2,3)11(18)19-10-8(16)6(14)5(13)7(15)9(10)17;1-3-8(2)9-4-6-10(7-5-9)11(12,13)14;1-9-11(2,3)10(12)13-16(7,8)14-15(4,5)6;1-3-4(2)5-6(11)8(13)10(15)9(14)7(5)12;1-8-9(2)10(11)12-15(6,7)13-14(3,4)5/h4H2,1-3H3;4-8H,3H2,1-2H3;9H2,1-8H3;4H,3H2,1-2H3;9H,8H2,1-7H3. The van der Waals surface area contributed by atoms with Crippen molar-refractivity contribution in [1.29, 1.82) is 0 Å². The fraction of sp³-hybridized carbons (Fsp3) is 0.611. The molecule has 8 nitrogen and oxygen atoms in total. The van der Waals surface area contributed by atoms with E-state index >= 15 is 0 Å². The SMILES string of the molecule is CCC(C)(C)C(=O)O[Si](C)(C)O[Si](C)(C)C.CCC(C)(C)C(=O)Oc1c(F)c(F)c(F)c(F)c1F.CCC(C)C(=O)O[Si](C)(C)O[Si](C)(C)C.CCC(C)c1c(F)c(F)c(F)c(F)c1F.CCC(C)c1ccc(C(F)(F)F)cc1. The van der Waals surface area contributed by atoms with Gasteiger partial charge in [-0.15, -0.1) is 0 Å². The molecule has 3 atom stereocenters. The van der Waals surface area contributed by atoms with Gasteiger partial charge in [0.1, 0.15) is 0 Å². The van der Waals surface area contributed by atoms with E-state index in [4.69, 9.17) is 17.1 Å². The van der Waals surface area contributed by atoms with Gasteiger partial charge in [0.05, 0.1) is 22.3 Å². The average molecular weight is 1220 g/mol. The van der Waals surface area contributed by atoms with Gasteiger partial charge in [0.25, 0.3) is 11.9 Å². The predicted octanol–water partition coefficient (Wildman–Crippen LogP) is 18.5. The molecule has 0 radical (unpaired) electrons. The lowest BCUT2D eigenvalue weighted by molar-refractivity contribution is -0.146. The van der Waals surface area contributed by atoms with Gasteiger partial charge < -0.3 is 21.8 Å². The Morgan fingerprint density at radius 3 is 1.11 bits per heavy atom. The highest BCUT2D eigenvalue weighted by molar-refractivity contribution is 6.82. The van der Waals surface area contributed by atoms with Gasteiger partial charge in [-0.05, 0) is 155 Å². The number of hydrogen-bond donors (Lipinski definition) is 0. The van der Waals surface area contributed by atoms with Crippen LogP contribution in [0.5, 0.6) is 5.75 Å². The summed E-state index contributed by atoms with van der Waals surface area (Å²) in [7, 11) is -7.85. The molecule has 79 heavy (non-hydrogen) atoms. The summed E-state index contributed by atoms with van der Waals surface area (Å²) >= 11 is 0. The normalized spacial score (nSPS) is 13.4. The number of rotatable bonds is 17. The Labute approximate surface area is 463 Å². The number of hydrogen-bond acceptors (Lipinski definition) is 8. The van der Waals surface area contributed by atoms with Gasteiger partial charge in [-0.2, -0.15) is 22.0 Å². The third-order valence-corrected chi connectivity index (χ3v) is 22.0. The maximum absolute atomic E-state index is 13.3. The van der Waals surface area contributed by atoms with Crippen LogP contribution in [0.25, 0.3) is 0 Å². The maximum Gasteiger partial charge on any atom is 0.416 e. The van der Waals surface area contributed by atoms with Crippen molar-refractivity contribution >= 4 is 51.7 Å². The molecular weight excluding hydrogens is 1140 g/mol. The van der Waals surface area contributed by atoms with Crippen molar-refractivity contribution < 1.29 is 93.3 Å². The van der Waals surface area contributed by atoms with Crippen molar-refractivity contribution in [2.75, 3.05) is 0 Å². The summed E-state index contributed by atoms with van der Waals surface area (Å²) in [5.74, 6) is -23.6. The van der Waals surface area contributed by atoms with Crippen LogP contribution in [0, 0.1) is 74.9 Å². The molecule has 0 aliphatic heterocycles. The fourth-order valence-corrected chi connectivity index (χ4v) is 19.6. The summed E-state index contributed by atoms with van der Waals surface area (Å²) in [5, 5.41) is 0. The van der Waals surface area contributed by atoms with Gasteiger partial charge in [0, 0.05) is 5.56 Å². The molecular formula is C54H83F13O8Si4. The zero-order valence-corrected chi connectivity index (χ0v) is 53.8. The number of benzene rings is 3. The van der Waals surface area contributed by atoms with Crippen LogP contribution in [-0.2, 0) is 37.6 Å². The molecule has 0 bridgehead atoms. The lowest BCUT2D eigenvalue weighted by Gasteiger charge is -2.33. The molecule has 25 heteroatoms. The predicted molar refractivity (Wildman–Crippen MR) is 291 cm³/mol. The van der Waals surface area contributed by atoms with E-state index in [1.54, 1.807) is 26.0 Å². The first-order chi connectivity index (χ1) is 35.5. The van der Waals surface area contributed by atoms with Gasteiger partial charge >= 0.3 is 29.3 Å². The molecule has 0 heterocycles. The smallest absolute Gasteiger partial charge is 0.416 e. The van der Waals surface area contributed by atoms with Crippen LogP contribution in [0.3, 0.4) is 0 Å². The third-order valence-electron chi connectivity index (χ3n) is 11.8. The minimum absolute atomic E-state index is 0.0259. The molecule has 0 saturated carbocycles. The number of carbonyl (C=O) groups excluding carboxylic acids is 3. The summed E-state index contributed by atoms with van der Waals surface area (Å²) < 4.78 is 193. The van der Waals surface area contributed by atoms with Crippen LogP contribution in [0.1, 0.15) is 144 Å². The van der Waals surface area contributed by atoms with E-state index in [1.165, 1.54) is 20.8 Å². The Morgan fingerprint density at radius 1 is 0.468 bits per heavy atom. The van der Waals surface area contributed by atoms with Gasteiger partial charge in [-0.25, -0.2) is 35.1 Å². The third kappa shape index (κ3) is 25.7. The molecule has 3 aromatic rings. The molecule has 454 valence electrons. The van der Waals surface area contributed by atoms with E-state index in [0.29, 0.717) is 12.3 Å². The van der Waals surface area contributed by atoms with Crippen LogP contribution >= 0.6 is 0 Å². The number of ether oxygens (including phenoxy) is 1. The van der Waals surface area contributed by atoms with Gasteiger partial charge in [-0.1, -0.05) is 67.5 Å². The van der Waals surface area contributed by atoms with Crippen molar-refractivity contribution in [1.82, 2.24) is 0 Å². The number of halogens is 13. The van der Waals surface area contributed by atoms with E-state index in [1.807, 2.05) is 74.7 Å². The molecule has 0 spiro atoms. The minimum Gasteiger partial charge on any atom is -0.495 e. The quantitative estimate of drug-likeness (QED) is 0.0329. The second-order valence-electron chi connectivity index (χ2n) is 22.8. The van der Waals surface area contributed by atoms with E-state index in [9.17, 15) is 71.5 Å². The largest absolute Gasteiger partial charge is 0.495 e. The van der Waals surface area contributed by atoms with Gasteiger partial charge in [-0.3, -0.25) is 14.4 Å². The Bertz CT molecular complexity index is 2400. The first-order valence-electron chi connectivity index (χ1n) is 25.7. The molecule has 0 aliphatic carbocycles. The minimum atomic E-state index is -4.23. The van der Waals surface area contributed by atoms with E-state index in [0.717, 1.165) is 37.0 Å². The molecule has 0 aromatic heterocycles. The van der Waals surface area contributed by atoms with Crippen molar-refractivity contribution in [3.63, 3.8) is 0 Å². The molecule has 3 rings (SSSR count). The van der Waals surface area contributed by atoms with E-state index in [2.05, 4.69) is 44.0 Å². The summed E-state index contributed by atoms with van der Waals surface area (Å²) in [4.78, 5) is 35.2. The lowest BCUT2D eigenvalue weighted by atomic mass is 9.91. The van der Waals surface area contributed by atoms with Crippen molar-refractivity contribution in [3.8, 4) is 5.75 Å². The highest BCUT2D eigenvalue weighted by atomic mass is 28.4.